The predicted molar refractivity (Wildman–Crippen MR) is 137 cm³/mol. The summed E-state index contributed by atoms with van der Waals surface area (Å²) < 4.78 is 11.2. The van der Waals surface area contributed by atoms with Gasteiger partial charge in [-0.1, -0.05) is 60.1 Å². The van der Waals surface area contributed by atoms with Crippen molar-refractivity contribution in [2.45, 2.75) is 19.6 Å². The number of phenols is 1. The predicted octanol–water partition coefficient (Wildman–Crippen LogP) is 5.09. The molecular weight excluding hydrogens is 456 g/mol. The molecule has 0 saturated carbocycles. The lowest BCUT2D eigenvalue weighted by molar-refractivity contribution is 0.0879. The first-order valence-corrected chi connectivity index (χ1v) is 11.6. The van der Waals surface area contributed by atoms with Gasteiger partial charge in [0.1, 0.15) is 0 Å². The number of rotatable bonds is 11. The molecular formula is C26H29ClN2O3S. The van der Waals surface area contributed by atoms with Crippen molar-refractivity contribution in [2.75, 3.05) is 20.3 Å². The van der Waals surface area contributed by atoms with Crippen molar-refractivity contribution in [3.05, 3.63) is 94.5 Å². The van der Waals surface area contributed by atoms with Crippen molar-refractivity contribution in [2.24, 2.45) is 5.92 Å². The standard InChI is InChI=1S/C26H29ClN2O3S/c1-31-25-14-21(9-12-24(25)30)15-28-26(33)29-16-22(13-19-7-10-23(27)11-8-19)18-32-17-20-5-3-2-4-6-20/h2-12,14,22,30H,13,15-18H2,1H3,(H2,28,29,33). The molecule has 5 nitrogen and oxygen atoms in total. The smallest absolute Gasteiger partial charge is 0.166 e. The maximum atomic E-state index is 9.73. The van der Waals surface area contributed by atoms with Gasteiger partial charge in [-0.25, -0.2) is 0 Å². The summed E-state index contributed by atoms with van der Waals surface area (Å²) in [6.45, 7) is 2.36. The average Bonchev–Trinajstić information content (AvgIpc) is 2.84. The molecule has 0 saturated heterocycles. The monoisotopic (exact) mass is 484 g/mol. The van der Waals surface area contributed by atoms with Crippen LogP contribution in [0.5, 0.6) is 11.5 Å². The zero-order chi connectivity index (χ0) is 23.5. The lowest BCUT2D eigenvalue weighted by atomic mass is 10.00. The fourth-order valence-corrected chi connectivity index (χ4v) is 3.66. The van der Waals surface area contributed by atoms with Gasteiger partial charge in [0.2, 0.25) is 0 Å². The van der Waals surface area contributed by atoms with Crippen molar-refractivity contribution < 1.29 is 14.6 Å². The number of hydrogen-bond acceptors (Lipinski definition) is 4. The van der Waals surface area contributed by atoms with Gasteiger partial charge in [-0.3, -0.25) is 0 Å². The molecule has 1 atom stereocenters. The number of methoxy groups -OCH3 is 1. The Balaban J connectivity index is 1.51. The third kappa shape index (κ3) is 8.57. The molecule has 3 rings (SSSR count). The van der Waals surface area contributed by atoms with Gasteiger partial charge in [0, 0.05) is 24.0 Å². The molecule has 7 heteroatoms. The van der Waals surface area contributed by atoms with Crippen molar-refractivity contribution in [1.29, 1.82) is 0 Å². The number of thiocarbonyl (C=S) groups is 1. The Morgan fingerprint density at radius 3 is 2.42 bits per heavy atom. The van der Waals surface area contributed by atoms with Gasteiger partial charge < -0.3 is 25.2 Å². The summed E-state index contributed by atoms with van der Waals surface area (Å²) >= 11 is 11.5. The molecule has 0 amide bonds. The van der Waals surface area contributed by atoms with E-state index in [0.29, 0.717) is 37.2 Å². The highest BCUT2D eigenvalue weighted by Crippen LogP contribution is 2.26. The number of aromatic hydroxyl groups is 1. The molecule has 0 aliphatic carbocycles. The average molecular weight is 485 g/mol. The second-order valence-corrected chi connectivity index (χ2v) is 8.61. The maximum absolute atomic E-state index is 9.73. The normalized spacial score (nSPS) is 11.6. The van der Waals surface area contributed by atoms with Crippen LogP contribution in [0, 0.1) is 5.92 Å². The van der Waals surface area contributed by atoms with Crippen molar-refractivity contribution in [3.63, 3.8) is 0 Å². The summed E-state index contributed by atoms with van der Waals surface area (Å²) in [5.41, 5.74) is 3.31. The number of nitrogens with one attached hydrogen (secondary N) is 2. The third-order valence-corrected chi connectivity index (χ3v) is 5.69. The SMILES string of the molecule is COc1cc(CNC(=S)NCC(COCc2ccccc2)Cc2ccc(Cl)cc2)ccc1O. The third-order valence-electron chi connectivity index (χ3n) is 5.15. The van der Waals surface area contributed by atoms with E-state index in [4.69, 9.17) is 33.3 Å². The van der Waals surface area contributed by atoms with Gasteiger partial charge in [-0.2, -0.15) is 0 Å². The molecule has 3 N–H and O–H groups in total. The number of ether oxygens (including phenoxy) is 2. The van der Waals surface area contributed by atoms with Crippen LogP contribution in [0.3, 0.4) is 0 Å². The fraction of sp³-hybridized carbons (Fsp3) is 0.269. The van der Waals surface area contributed by atoms with Crippen LogP contribution in [0.1, 0.15) is 16.7 Å². The topological polar surface area (TPSA) is 62.8 Å². The highest BCUT2D eigenvalue weighted by molar-refractivity contribution is 7.80. The quantitative estimate of drug-likeness (QED) is 0.329. The lowest BCUT2D eigenvalue weighted by Gasteiger charge is -2.20. The molecule has 1 unspecified atom stereocenters. The molecule has 3 aromatic carbocycles. The molecule has 0 aliphatic rings. The largest absolute Gasteiger partial charge is 0.504 e. The highest BCUT2D eigenvalue weighted by atomic mass is 35.5. The molecule has 3 aromatic rings. The van der Waals surface area contributed by atoms with Crippen molar-refractivity contribution in [3.8, 4) is 11.5 Å². The van der Waals surface area contributed by atoms with E-state index >= 15 is 0 Å². The summed E-state index contributed by atoms with van der Waals surface area (Å²) in [4.78, 5) is 0. The Morgan fingerprint density at radius 1 is 0.970 bits per heavy atom. The van der Waals surface area contributed by atoms with Crippen LogP contribution >= 0.6 is 23.8 Å². The van der Waals surface area contributed by atoms with E-state index in [1.165, 1.54) is 12.7 Å². The number of phenolic OH excluding ortho intramolecular Hbond substituents is 1. The van der Waals surface area contributed by atoms with Crippen molar-refractivity contribution >= 4 is 28.9 Å². The van der Waals surface area contributed by atoms with E-state index in [9.17, 15) is 5.11 Å². The molecule has 174 valence electrons. The second-order valence-electron chi connectivity index (χ2n) is 7.77. The van der Waals surface area contributed by atoms with Crippen LogP contribution in [-0.4, -0.2) is 30.5 Å². The Kier molecular flexibility index (Phi) is 9.81. The minimum atomic E-state index is 0.113. The number of hydrogen-bond donors (Lipinski definition) is 3. The summed E-state index contributed by atoms with van der Waals surface area (Å²) in [7, 11) is 1.53. The molecule has 0 spiro atoms. The van der Waals surface area contributed by atoms with E-state index in [1.54, 1.807) is 12.1 Å². The summed E-state index contributed by atoms with van der Waals surface area (Å²) in [6.07, 6.45) is 0.844. The van der Waals surface area contributed by atoms with Gasteiger partial charge in [0.25, 0.3) is 0 Å². The van der Waals surface area contributed by atoms with Crippen LogP contribution in [0.4, 0.5) is 0 Å². The van der Waals surface area contributed by atoms with Gasteiger partial charge in [-0.05, 0) is 59.6 Å². The number of benzene rings is 3. The fourth-order valence-electron chi connectivity index (χ4n) is 3.38. The van der Waals surface area contributed by atoms with Gasteiger partial charge in [0.15, 0.2) is 16.6 Å². The second kappa shape index (κ2) is 13.0. The first-order valence-electron chi connectivity index (χ1n) is 10.8. The van der Waals surface area contributed by atoms with Gasteiger partial charge in [-0.15, -0.1) is 0 Å². The molecule has 0 aliphatic heterocycles. The Bertz CT molecular complexity index is 1020. The minimum Gasteiger partial charge on any atom is -0.504 e. The van der Waals surface area contributed by atoms with Gasteiger partial charge >= 0.3 is 0 Å². The molecule has 0 heterocycles. The van der Waals surface area contributed by atoms with E-state index in [-0.39, 0.29) is 11.7 Å². The van der Waals surface area contributed by atoms with E-state index in [0.717, 1.165) is 22.6 Å². The highest BCUT2D eigenvalue weighted by Gasteiger charge is 2.12. The molecule has 0 bridgehead atoms. The molecule has 0 fully saturated rings. The van der Waals surface area contributed by atoms with E-state index in [2.05, 4.69) is 22.8 Å². The van der Waals surface area contributed by atoms with Crippen molar-refractivity contribution in [1.82, 2.24) is 10.6 Å². The first-order chi connectivity index (χ1) is 16.0. The van der Waals surface area contributed by atoms with E-state index < -0.39 is 0 Å². The van der Waals surface area contributed by atoms with Crippen LogP contribution in [0.2, 0.25) is 5.02 Å². The Morgan fingerprint density at radius 2 is 1.70 bits per heavy atom. The Labute approximate surface area is 205 Å². The lowest BCUT2D eigenvalue weighted by Crippen LogP contribution is -2.39. The summed E-state index contributed by atoms with van der Waals surface area (Å²) in [6, 6.07) is 23.3. The maximum Gasteiger partial charge on any atom is 0.166 e. The van der Waals surface area contributed by atoms with Crippen LogP contribution in [0.25, 0.3) is 0 Å². The first kappa shape index (κ1) is 24.8. The minimum absolute atomic E-state index is 0.113. The van der Waals surface area contributed by atoms with E-state index in [1.807, 2.05) is 48.5 Å². The summed E-state index contributed by atoms with van der Waals surface area (Å²) in [5.74, 6) is 0.776. The van der Waals surface area contributed by atoms with Crippen LogP contribution < -0.4 is 15.4 Å². The molecule has 0 radical (unpaired) electrons. The summed E-state index contributed by atoms with van der Waals surface area (Å²) in [5, 5.41) is 17.5. The molecule has 0 aromatic heterocycles. The number of halogens is 1. The van der Waals surface area contributed by atoms with Crippen LogP contribution in [0.15, 0.2) is 72.8 Å². The molecule has 33 heavy (non-hydrogen) atoms. The van der Waals surface area contributed by atoms with Gasteiger partial charge in [0.05, 0.1) is 20.3 Å². The zero-order valence-corrected chi connectivity index (χ0v) is 20.2. The Hall–Kier alpha value is -2.80. The zero-order valence-electron chi connectivity index (χ0n) is 18.6. The van der Waals surface area contributed by atoms with Crippen LogP contribution in [-0.2, 0) is 24.3 Å².